The van der Waals surface area contributed by atoms with E-state index in [1.165, 1.54) is 12.0 Å². The molecule has 7 nitrogen and oxygen atoms in total. The number of hydrogen-bond donors (Lipinski definition) is 0. The second kappa shape index (κ2) is 6.76. The maximum Gasteiger partial charge on any atom is 0.247 e. The fourth-order valence-electron chi connectivity index (χ4n) is 3.46. The minimum Gasteiger partial charge on any atom is -0.419 e. The smallest absolute Gasteiger partial charge is 0.247 e. The molecule has 7 heteroatoms. The van der Waals surface area contributed by atoms with Gasteiger partial charge < -0.3 is 4.42 Å². The molecule has 2 atom stereocenters. The van der Waals surface area contributed by atoms with Crippen molar-refractivity contribution in [3.63, 3.8) is 0 Å². The number of hydrogen-bond acceptors (Lipinski definition) is 6. The number of rotatable bonds is 5. The van der Waals surface area contributed by atoms with Crippen LogP contribution in [0.3, 0.4) is 0 Å². The lowest BCUT2D eigenvalue weighted by atomic mass is 10.1. The first-order valence-corrected chi connectivity index (χ1v) is 8.69. The van der Waals surface area contributed by atoms with E-state index in [9.17, 15) is 0 Å². The van der Waals surface area contributed by atoms with Gasteiger partial charge in [0.1, 0.15) is 12.7 Å². The van der Waals surface area contributed by atoms with Gasteiger partial charge in [0.25, 0.3) is 0 Å². The van der Waals surface area contributed by atoms with E-state index < -0.39 is 0 Å². The molecule has 3 heterocycles. The third kappa shape index (κ3) is 3.32. The summed E-state index contributed by atoms with van der Waals surface area (Å²) >= 11 is 0. The molecule has 130 valence electrons. The van der Waals surface area contributed by atoms with Crippen molar-refractivity contribution in [2.45, 2.75) is 45.3 Å². The van der Waals surface area contributed by atoms with Crippen molar-refractivity contribution in [1.82, 2.24) is 29.9 Å². The number of benzene rings is 1. The van der Waals surface area contributed by atoms with Gasteiger partial charge in [-0.15, -0.1) is 10.2 Å². The molecule has 0 bridgehead atoms. The molecule has 0 amide bonds. The molecule has 2 aromatic heterocycles. The summed E-state index contributed by atoms with van der Waals surface area (Å²) in [6.07, 6.45) is 5.66. The Morgan fingerprint density at radius 1 is 1.24 bits per heavy atom. The van der Waals surface area contributed by atoms with Gasteiger partial charge in [0, 0.05) is 11.6 Å². The molecule has 1 fully saturated rings. The fourth-order valence-corrected chi connectivity index (χ4v) is 3.46. The van der Waals surface area contributed by atoms with E-state index >= 15 is 0 Å². The summed E-state index contributed by atoms with van der Waals surface area (Å²) < 4.78 is 7.86. The van der Waals surface area contributed by atoms with Crippen LogP contribution in [0.25, 0.3) is 11.5 Å². The Hall–Kier alpha value is -2.54. The normalized spacial score (nSPS) is 19.4. The molecule has 1 saturated heterocycles. The van der Waals surface area contributed by atoms with Gasteiger partial charge >= 0.3 is 0 Å². The monoisotopic (exact) mass is 338 g/mol. The van der Waals surface area contributed by atoms with Gasteiger partial charge in [-0.25, -0.2) is 4.98 Å². The van der Waals surface area contributed by atoms with E-state index in [1.54, 1.807) is 12.7 Å². The highest BCUT2D eigenvalue weighted by atomic mass is 16.4. The van der Waals surface area contributed by atoms with Crippen LogP contribution in [0.5, 0.6) is 0 Å². The second-order valence-corrected chi connectivity index (χ2v) is 6.64. The number of aryl methyl sites for hydroxylation is 1. The summed E-state index contributed by atoms with van der Waals surface area (Å²) in [5.74, 6) is 1.25. The largest absolute Gasteiger partial charge is 0.419 e. The Morgan fingerprint density at radius 3 is 2.84 bits per heavy atom. The highest BCUT2D eigenvalue weighted by Crippen LogP contribution is 2.30. The van der Waals surface area contributed by atoms with Crippen molar-refractivity contribution < 1.29 is 4.42 Å². The van der Waals surface area contributed by atoms with Gasteiger partial charge in [-0.3, -0.25) is 9.58 Å². The van der Waals surface area contributed by atoms with E-state index in [0.717, 1.165) is 25.1 Å². The first kappa shape index (κ1) is 16.0. The van der Waals surface area contributed by atoms with E-state index in [0.29, 0.717) is 17.8 Å². The predicted molar refractivity (Wildman–Crippen MR) is 92.6 cm³/mol. The average molecular weight is 338 g/mol. The molecule has 1 aliphatic rings. The summed E-state index contributed by atoms with van der Waals surface area (Å²) in [4.78, 5) is 6.45. The standard InChI is InChI=1S/C18H22N6O/c1-13-5-7-15(8-6-13)18-22-21-17(25-18)14(2)24-9-3-4-16(24)10-23-12-19-11-20-23/h5-8,11-12,14,16H,3-4,9-10H2,1-2H3/t14-,16-/m1/s1. The highest BCUT2D eigenvalue weighted by molar-refractivity contribution is 5.52. The third-order valence-electron chi connectivity index (χ3n) is 4.88. The Bertz CT molecular complexity index is 810. The van der Waals surface area contributed by atoms with Crippen LogP contribution in [0.1, 0.15) is 37.3 Å². The molecule has 0 spiro atoms. The maximum absolute atomic E-state index is 5.97. The Balaban J connectivity index is 1.50. The molecular formula is C18H22N6O. The van der Waals surface area contributed by atoms with Crippen molar-refractivity contribution in [3.8, 4) is 11.5 Å². The number of nitrogens with zero attached hydrogens (tertiary/aromatic N) is 6. The Labute approximate surface area is 146 Å². The summed E-state index contributed by atoms with van der Waals surface area (Å²) in [5, 5.41) is 12.8. The zero-order chi connectivity index (χ0) is 17.2. The Kier molecular flexibility index (Phi) is 4.31. The van der Waals surface area contributed by atoms with Gasteiger partial charge in [0.15, 0.2) is 0 Å². The molecule has 4 rings (SSSR count). The van der Waals surface area contributed by atoms with Crippen molar-refractivity contribution in [2.24, 2.45) is 0 Å². The minimum absolute atomic E-state index is 0.0859. The first-order valence-electron chi connectivity index (χ1n) is 8.69. The molecule has 1 aliphatic heterocycles. The summed E-state index contributed by atoms with van der Waals surface area (Å²) in [5.41, 5.74) is 2.17. The highest BCUT2D eigenvalue weighted by Gasteiger charge is 2.32. The van der Waals surface area contributed by atoms with Crippen molar-refractivity contribution >= 4 is 0 Å². The van der Waals surface area contributed by atoms with E-state index in [4.69, 9.17) is 4.42 Å². The molecule has 0 radical (unpaired) electrons. The maximum atomic E-state index is 5.97. The average Bonchev–Trinajstić information content (AvgIpc) is 3.37. The van der Waals surface area contributed by atoms with Gasteiger partial charge in [0.05, 0.1) is 12.6 Å². The number of aromatic nitrogens is 5. The lowest BCUT2D eigenvalue weighted by molar-refractivity contribution is 0.152. The molecule has 0 saturated carbocycles. The number of likely N-dealkylation sites (tertiary alicyclic amines) is 1. The van der Waals surface area contributed by atoms with Gasteiger partial charge in [-0.05, 0) is 45.4 Å². The molecular weight excluding hydrogens is 316 g/mol. The van der Waals surface area contributed by atoms with E-state index in [-0.39, 0.29) is 6.04 Å². The van der Waals surface area contributed by atoms with Crippen LogP contribution in [-0.2, 0) is 6.54 Å². The summed E-state index contributed by atoms with van der Waals surface area (Å²) in [6.45, 7) is 6.06. The van der Waals surface area contributed by atoms with Crippen LogP contribution < -0.4 is 0 Å². The van der Waals surface area contributed by atoms with Crippen molar-refractivity contribution in [1.29, 1.82) is 0 Å². The van der Waals surface area contributed by atoms with Crippen LogP contribution in [0, 0.1) is 6.92 Å². The zero-order valence-corrected chi connectivity index (χ0v) is 14.5. The molecule has 1 aromatic carbocycles. The molecule has 0 N–H and O–H groups in total. The minimum atomic E-state index is 0.0859. The van der Waals surface area contributed by atoms with Gasteiger partial charge in [0.2, 0.25) is 11.8 Å². The molecule has 0 unspecified atom stereocenters. The van der Waals surface area contributed by atoms with Gasteiger partial charge in [-0.1, -0.05) is 17.7 Å². The van der Waals surface area contributed by atoms with Crippen molar-refractivity contribution in [3.05, 3.63) is 48.4 Å². The summed E-state index contributed by atoms with van der Waals surface area (Å²) in [6, 6.07) is 8.63. The second-order valence-electron chi connectivity index (χ2n) is 6.64. The fraction of sp³-hybridized carbons (Fsp3) is 0.444. The third-order valence-corrected chi connectivity index (χ3v) is 4.88. The summed E-state index contributed by atoms with van der Waals surface area (Å²) in [7, 11) is 0. The van der Waals surface area contributed by atoms with Crippen LogP contribution in [-0.4, -0.2) is 42.4 Å². The van der Waals surface area contributed by atoms with E-state index in [2.05, 4.69) is 51.2 Å². The van der Waals surface area contributed by atoms with Gasteiger partial charge in [-0.2, -0.15) is 5.10 Å². The van der Waals surface area contributed by atoms with Crippen molar-refractivity contribution in [2.75, 3.05) is 6.54 Å². The van der Waals surface area contributed by atoms with Crippen LogP contribution in [0.2, 0.25) is 0 Å². The van der Waals surface area contributed by atoms with Crippen LogP contribution in [0.15, 0.2) is 41.3 Å². The molecule has 25 heavy (non-hydrogen) atoms. The zero-order valence-electron chi connectivity index (χ0n) is 14.5. The Morgan fingerprint density at radius 2 is 2.08 bits per heavy atom. The van der Waals surface area contributed by atoms with Crippen LogP contribution >= 0.6 is 0 Å². The SMILES string of the molecule is Cc1ccc(-c2nnc([C@@H](C)N3CCC[C@@H]3Cn3cncn3)o2)cc1. The van der Waals surface area contributed by atoms with E-state index in [1.807, 2.05) is 16.8 Å². The topological polar surface area (TPSA) is 72.9 Å². The molecule has 0 aliphatic carbocycles. The molecule has 3 aromatic rings. The quantitative estimate of drug-likeness (QED) is 0.712. The van der Waals surface area contributed by atoms with Crippen LogP contribution in [0.4, 0.5) is 0 Å². The lowest BCUT2D eigenvalue weighted by Crippen LogP contribution is -2.35. The lowest BCUT2D eigenvalue weighted by Gasteiger charge is -2.28. The first-order chi connectivity index (χ1) is 12.2. The predicted octanol–water partition coefficient (Wildman–Crippen LogP) is 2.86.